The van der Waals surface area contributed by atoms with Crippen LogP contribution in [0.5, 0.6) is 0 Å². The zero-order chi connectivity index (χ0) is 21.2. The highest BCUT2D eigenvalue weighted by atomic mass is 16.3. The van der Waals surface area contributed by atoms with Gasteiger partial charge in [0.2, 0.25) is 5.91 Å². The second-order valence-corrected chi connectivity index (χ2v) is 9.09. The number of carbonyl (C=O) groups excluding carboxylic acids is 1. The van der Waals surface area contributed by atoms with Crippen molar-refractivity contribution in [3.63, 3.8) is 0 Å². The predicted molar refractivity (Wildman–Crippen MR) is 112 cm³/mol. The molecular weight excluding hydrogens is 366 g/mol. The van der Waals surface area contributed by atoms with Crippen LogP contribution in [0.25, 0.3) is 11.0 Å². The first kappa shape index (κ1) is 21.0. The Bertz CT molecular complexity index is 931. The molecule has 2 N–H and O–H groups in total. The number of aliphatic hydroxyl groups excluding tert-OH is 1. The fourth-order valence-corrected chi connectivity index (χ4v) is 3.81. The maximum atomic E-state index is 12.5. The topological polar surface area (TPSA) is 102 Å². The molecule has 1 amide bonds. The summed E-state index contributed by atoms with van der Waals surface area (Å²) in [6.07, 6.45) is 3.52. The van der Waals surface area contributed by atoms with Gasteiger partial charge in [0.1, 0.15) is 17.1 Å². The first-order chi connectivity index (χ1) is 13.7. The third-order valence-corrected chi connectivity index (χ3v) is 5.47. The van der Waals surface area contributed by atoms with E-state index < -0.39 is 6.10 Å². The molecule has 154 valence electrons. The number of aliphatic hydroxyl groups is 1. The van der Waals surface area contributed by atoms with Gasteiger partial charge in [0.15, 0.2) is 0 Å². The van der Waals surface area contributed by atoms with Crippen LogP contribution < -0.4 is 10.2 Å². The highest BCUT2D eigenvalue weighted by Crippen LogP contribution is 2.30. The largest absolute Gasteiger partial charge is 0.392 e. The smallest absolute Gasteiger partial charge is 0.222 e. The van der Waals surface area contributed by atoms with Crippen molar-refractivity contribution in [3.8, 4) is 6.07 Å². The van der Waals surface area contributed by atoms with E-state index in [1.54, 1.807) is 18.5 Å². The summed E-state index contributed by atoms with van der Waals surface area (Å²) in [5.74, 6) is 0.250. The number of carbonyl (C=O) groups is 1. The molecule has 0 saturated carbocycles. The van der Waals surface area contributed by atoms with Gasteiger partial charge in [-0.1, -0.05) is 27.7 Å². The van der Waals surface area contributed by atoms with Gasteiger partial charge in [0.05, 0.1) is 23.8 Å². The minimum atomic E-state index is -0.683. The van der Waals surface area contributed by atoms with Crippen molar-refractivity contribution in [2.45, 2.75) is 52.7 Å². The highest BCUT2D eigenvalue weighted by molar-refractivity contribution is 5.92. The molecular formula is C22H29N5O2. The molecule has 0 spiro atoms. The van der Waals surface area contributed by atoms with E-state index in [9.17, 15) is 15.2 Å². The minimum absolute atomic E-state index is 0.0132. The fourth-order valence-electron chi connectivity index (χ4n) is 3.81. The summed E-state index contributed by atoms with van der Waals surface area (Å²) in [5.41, 5.74) is 2.40. The molecule has 29 heavy (non-hydrogen) atoms. The monoisotopic (exact) mass is 395 g/mol. The molecule has 1 aliphatic heterocycles. The molecule has 7 nitrogen and oxygen atoms in total. The van der Waals surface area contributed by atoms with Crippen LogP contribution in [0, 0.1) is 22.7 Å². The predicted octanol–water partition coefficient (Wildman–Crippen LogP) is 2.63. The van der Waals surface area contributed by atoms with Crippen LogP contribution >= 0.6 is 0 Å². The lowest BCUT2D eigenvalue weighted by Gasteiger charge is -2.38. The summed E-state index contributed by atoms with van der Waals surface area (Å²) in [6, 6.07) is 5.85. The van der Waals surface area contributed by atoms with Crippen molar-refractivity contribution >= 4 is 22.6 Å². The average molecular weight is 396 g/mol. The molecule has 1 aromatic carbocycles. The molecule has 0 unspecified atom stereocenters. The van der Waals surface area contributed by atoms with Crippen molar-refractivity contribution < 1.29 is 9.90 Å². The third-order valence-electron chi connectivity index (χ3n) is 5.47. The van der Waals surface area contributed by atoms with Gasteiger partial charge in [-0.2, -0.15) is 5.26 Å². The third kappa shape index (κ3) is 4.83. The van der Waals surface area contributed by atoms with Crippen LogP contribution in [0.15, 0.2) is 24.5 Å². The lowest BCUT2D eigenvalue weighted by atomic mass is 9.87. The van der Waals surface area contributed by atoms with Crippen LogP contribution in [0.4, 0.5) is 5.69 Å². The summed E-state index contributed by atoms with van der Waals surface area (Å²) >= 11 is 0. The van der Waals surface area contributed by atoms with E-state index in [2.05, 4.69) is 33.2 Å². The molecule has 3 atom stereocenters. The maximum Gasteiger partial charge on any atom is 0.222 e. The number of nitrogens with zero attached hydrogens (tertiary/aromatic N) is 4. The van der Waals surface area contributed by atoms with E-state index in [0.29, 0.717) is 29.1 Å². The van der Waals surface area contributed by atoms with Gasteiger partial charge in [-0.15, -0.1) is 0 Å². The molecule has 1 aromatic heterocycles. The average Bonchev–Trinajstić information content (AvgIpc) is 2.65. The van der Waals surface area contributed by atoms with Gasteiger partial charge in [-0.3, -0.25) is 14.8 Å². The molecule has 7 heteroatoms. The van der Waals surface area contributed by atoms with Crippen LogP contribution in [0.1, 0.15) is 46.1 Å². The number of piperidine rings is 1. The highest BCUT2D eigenvalue weighted by Gasteiger charge is 2.30. The Morgan fingerprint density at radius 2 is 2.00 bits per heavy atom. The summed E-state index contributed by atoms with van der Waals surface area (Å²) in [6.45, 7) is 9.42. The molecule has 0 radical (unpaired) electrons. The van der Waals surface area contributed by atoms with Gasteiger partial charge < -0.3 is 15.3 Å². The van der Waals surface area contributed by atoms with E-state index >= 15 is 0 Å². The Balaban J connectivity index is 1.78. The van der Waals surface area contributed by atoms with Gasteiger partial charge in [0, 0.05) is 31.5 Å². The van der Waals surface area contributed by atoms with E-state index in [4.69, 9.17) is 0 Å². The van der Waals surface area contributed by atoms with Crippen molar-refractivity contribution in [1.82, 2.24) is 15.3 Å². The SMILES string of the molecule is C[C@@H]1C[C@@H](NC(=O)C[C@@H](O)C(C)(C)C)CN(c2ccc(C#N)c3nccnc23)C1. The van der Waals surface area contributed by atoms with Crippen molar-refractivity contribution in [3.05, 3.63) is 30.1 Å². The number of benzene rings is 1. The molecule has 2 aromatic rings. The maximum absolute atomic E-state index is 12.5. The number of hydrogen-bond acceptors (Lipinski definition) is 6. The number of hydrogen-bond donors (Lipinski definition) is 2. The van der Waals surface area contributed by atoms with E-state index in [1.807, 2.05) is 26.8 Å². The zero-order valence-corrected chi connectivity index (χ0v) is 17.5. The molecule has 0 bridgehead atoms. The van der Waals surface area contributed by atoms with E-state index in [-0.39, 0.29) is 23.8 Å². The number of nitrogens with one attached hydrogen (secondary N) is 1. The fraction of sp³-hybridized carbons (Fsp3) is 0.545. The number of fused-ring (bicyclic) bond motifs is 1. The second-order valence-electron chi connectivity index (χ2n) is 9.09. The first-order valence-corrected chi connectivity index (χ1v) is 10.0. The van der Waals surface area contributed by atoms with Crippen LogP contribution in [0.2, 0.25) is 0 Å². The minimum Gasteiger partial charge on any atom is -0.392 e. The van der Waals surface area contributed by atoms with Gasteiger partial charge in [-0.25, -0.2) is 0 Å². The van der Waals surface area contributed by atoms with E-state index in [0.717, 1.165) is 18.7 Å². The number of rotatable bonds is 4. The summed E-state index contributed by atoms with van der Waals surface area (Å²) in [4.78, 5) is 23.5. The summed E-state index contributed by atoms with van der Waals surface area (Å²) in [5, 5.41) is 22.7. The quantitative estimate of drug-likeness (QED) is 0.825. The number of anilines is 1. The second kappa shape index (κ2) is 8.34. The molecule has 3 rings (SSSR count). The standard InChI is InChI=1S/C22H29N5O2/c1-14-9-16(26-19(29)10-18(28)22(2,3)4)13-27(12-14)17-6-5-15(11-23)20-21(17)25-8-7-24-20/h5-8,14,16,18,28H,9-10,12-13H2,1-4H3,(H,26,29)/t14-,16-,18-/m1/s1. The Labute approximate surface area is 171 Å². The molecule has 2 heterocycles. The zero-order valence-electron chi connectivity index (χ0n) is 17.5. The number of amides is 1. The molecule has 1 aliphatic rings. The van der Waals surface area contributed by atoms with Crippen molar-refractivity contribution in [2.75, 3.05) is 18.0 Å². The van der Waals surface area contributed by atoms with Crippen LogP contribution in [-0.4, -0.2) is 46.2 Å². The van der Waals surface area contributed by atoms with Crippen molar-refractivity contribution in [2.24, 2.45) is 11.3 Å². The van der Waals surface area contributed by atoms with Gasteiger partial charge >= 0.3 is 0 Å². The molecule has 1 saturated heterocycles. The summed E-state index contributed by atoms with van der Waals surface area (Å²) < 4.78 is 0. The Morgan fingerprint density at radius 1 is 1.31 bits per heavy atom. The lowest BCUT2D eigenvalue weighted by molar-refractivity contribution is -0.125. The summed E-state index contributed by atoms with van der Waals surface area (Å²) in [7, 11) is 0. The Hall–Kier alpha value is -2.72. The number of nitriles is 1. The van der Waals surface area contributed by atoms with Gasteiger partial charge in [0.25, 0.3) is 0 Å². The molecule has 0 aliphatic carbocycles. The Kier molecular flexibility index (Phi) is 6.04. The van der Waals surface area contributed by atoms with Gasteiger partial charge in [-0.05, 0) is 29.9 Å². The van der Waals surface area contributed by atoms with E-state index in [1.165, 1.54) is 0 Å². The first-order valence-electron chi connectivity index (χ1n) is 10.0. The molecule has 1 fully saturated rings. The lowest BCUT2D eigenvalue weighted by Crippen LogP contribution is -2.51. The van der Waals surface area contributed by atoms with Crippen LogP contribution in [0.3, 0.4) is 0 Å². The van der Waals surface area contributed by atoms with Crippen LogP contribution in [-0.2, 0) is 4.79 Å². The Morgan fingerprint density at radius 3 is 2.66 bits per heavy atom. The number of aromatic nitrogens is 2. The van der Waals surface area contributed by atoms with Crippen molar-refractivity contribution in [1.29, 1.82) is 5.26 Å². The normalized spacial score (nSPS) is 20.9.